The lowest BCUT2D eigenvalue weighted by Gasteiger charge is -2.22. The van der Waals surface area contributed by atoms with Crippen LogP contribution < -0.4 is 20.3 Å². The summed E-state index contributed by atoms with van der Waals surface area (Å²) in [5, 5.41) is -0.152. The SMILES string of the molecule is COc1ccccc1N(C)S(=O)(=O)c1ncccc1NN. The van der Waals surface area contributed by atoms with E-state index in [1.807, 2.05) is 0 Å². The number of hydrogen-bond acceptors (Lipinski definition) is 6. The molecule has 0 spiro atoms. The van der Waals surface area contributed by atoms with Gasteiger partial charge in [-0.3, -0.25) is 10.1 Å². The number of hydrazine groups is 1. The molecule has 0 saturated heterocycles. The Hall–Kier alpha value is -2.32. The molecule has 7 nitrogen and oxygen atoms in total. The lowest BCUT2D eigenvalue weighted by molar-refractivity contribution is 0.416. The first kappa shape index (κ1) is 15.1. The molecular weight excluding hydrogens is 292 g/mol. The number of methoxy groups -OCH3 is 1. The fourth-order valence-electron chi connectivity index (χ4n) is 1.86. The lowest BCUT2D eigenvalue weighted by atomic mass is 10.3. The average molecular weight is 308 g/mol. The van der Waals surface area contributed by atoms with E-state index in [4.69, 9.17) is 10.6 Å². The maximum Gasteiger partial charge on any atom is 0.283 e. The van der Waals surface area contributed by atoms with Gasteiger partial charge < -0.3 is 10.2 Å². The number of aromatic nitrogens is 1. The van der Waals surface area contributed by atoms with Crippen molar-refractivity contribution in [3.05, 3.63) is 42.6 Å². The number of para-hydroxylation sites is 2. The van der Waals surface area contributed by atoms with Crippen molar-refractivity contribution in [3.8, 4) is 5.75 Å². The highest BCUT2D eigenvalue weighted by Crippen LogP contribution is 2.31. The minimum atomic E-state index is -3.87. The van der Waals surface area contributed by atoms with Crippen LogP contribution in [0.1, 0.15) is 0 Å². The zero-order chi connectivity index (χ0) is 15.5. The van der Waals surface area contributed by atoms with Gasteiger partial charge in [0.25, 0.3) is 10.0 Å². The Morgan fingerprint density at radius 1 is 1.24 bits per heavy atom. The van der Waals surface area contributed by atoms with Gasteiger partial charge in [-0.05, 0) is 24.3 Å². The zero-order valence-electron chi connectivity index (χ0n) is 11.6. The van der Waals surface area contributed by atoms with Gasteiger partial charge in [0.2, 0.25) is 5.03 Å². The van der Waals surface area contributed by atoms with Crippen molar-refractivity contribution in [2.75, 3.05) is 23.9 Å². The predicted octanol–water partition coefficient (Wildman–Crippen LogP) is 1.20. The van der Waals surface area contributed by atoms with Crippen LogP contribution in [-0.4, -0.2) is 27.6 Å². The Morgan fingerprint density at radius 3 is 2.62 bits per heavy atom. The molecule has 8 heteroatoms. The topological polar surface area (TPSA) is 97.5 Å². The van der Waals surface area contributed by atoms with E-state index in [9.17, 15) is 8.42 Å². The molecule has 0 aliphatic heterocycles. The zero-order valence-corrected chi connectivity index (χ0v) is 12.5. The summed E-state index contributed by atoms with van der Waals surface area (Å²) in [6.45, 7) is 0. The minimum Gasteiger partial charge on any atom is -0.495 e. The molecule has 1 aromatic carbocycles. The highest BCUT2D eigenvalue weighted by atomic mass is 32.2. The molecule has 0 bridgehead atoms. The van der Waals surface area contributed by atoms with Crippen molar-refractivity contribution >= 4 is 21.4 Å². The van der Waals surface area contributed by atoms with Crippen LogP contribution in [0.15, 0.2) is 47.6 Å². The quantitative estimate of drug-likeness (QED) is 0.636. The van der Waals surface area contributed by atoms with Crippen LogP contribution in [0.4, 0.5) is 11.4 Å². The number of sulfonamides is 1. The predicted molar refractivity (Wildman–Crippen MR) is 80.6 cm³/mol. The van der Waals surface area contributed by atoms with Crippen molar-refractivity contribution in [2.24, 2.45) is 5.84 Å². The Morgan fingerprint density at radius 2 is 1.95 bits per heavy atom. The number of hydrogen-bond donors (Lipinski definition) is 2. The summed E-state index contributed by atoms with van der Waals surface area (Å²) in [7, 11) is -0.956. The first-order chi connectivity index (χ1) is 10.0. The summed E-state index contributed by atoms with van der Waals surface area (Å²) in [6, 6.07) is 9.95. The second-order valence-corrected chi connectivity index (χ2v) is 6.03. The fraction of sp³-hybridized carbons (Fsp3) is 0.154. The number of pyridine rings is 1. The molecule has 2 aromatic rings. The summed E-state index contributed by atoms with van der Waals surface area (Å²) in [6.07, 6.45) is 1.39. The maximum absolute atomic E-state index is 12.7. The van der Waals surface area contributed by atoms with Gasteiger partial charge in [-0.25, -0.2) is 4.98 Å². The fourth-order valence-corrected chi connectivity index (χ4v) is 3.12. The molecule has 112 valence electrons. The summed E-state index contributed by atoms with van der Waals surface area (Å²) < 4.78 is 31.7. The van der Waals surface area contributed by atoms with Gasteiger partial charge >= 0.3 is 0 Å². The van der Waals surface area contributed by atoms with Gasteiger partial charge in [0, 0.05) is 13.2 Å². The normalized spacial score (nSPS) is 11.0. The molecule has 0 saturated carbocycles. The molecule has 3 N–H and O–H groups in total. The third-order valence-corrected chi connectivity index (χ3v) is 4.69. The van der Waals surface area contributed by atoms with E-state index in [1.165, 1.54) is 26.4 Å². The molecule has 0 radical (unpaired) electrons. The number of nitrogen functional groups attached to an aromatic ring is 1. The van der Waals surface area contributed by atoms with Crippen LogP contribution in [0.25, 0.3) is 0 Å². The van der Waals surface area contributed by atoms with E-state index >= 15 is 0 Å². The van der Waals surface area contributed by atoms with Crippen LogP contribution in [0.5, 0.6) is 5.75 Å². The van der Waals surface area contributed by atoms with Gasteiger partial charge in [0.1, 0.15) is 5.75 Å². The second-order valence-electron chi connectivity index (χ2n) is 4.14. The van der Waals surface area contributed by atoms with Crippen LogP contribution in [0.3, 0.4) is 0 Å². The minimum absolute atomic E-state index is 0.152. The Bertz CT molecular complexity index is 734. The van der Waals surface area contributed by atoms with Gasteiger partial charge in [-0.1, -0.05) is 12.1 Å². The van der Waals surface area contributed by atoms with Crippen molar-refractivity contribution in [3.63, 3.8) is 0 Å². The number of benzene rings is 1. The van der Waals surface area contributed by atoms with Crippen molar-refractivity contribution in [2.45, 2.75) is 5.03 Å². The molecule has 0 unspecified atom stereocenters. The molecular formula is C13H16N4O3S. The van der Waals surface area contributed by atoms with E-state index in [0.717, 1.165) is 4.31 Å². The number of ether oxygens (including phenoxy) is 1. The molecule has 0 amide bonds. The molecule has 0 aliphatic rings. The molecule has 0 aliphatic carbocycles. The van der Waals surface area contributed by atoms with E-state index in [1.54, 1.807) is 30.3 Å². The first-order valence-corrected chi connectivity index (χ1v) is 7.50. The van der Waals surface area contributed by atoms with Crippen LogP contribution in [0, 0.1) is 0 Å². The number of anilines is 2. The average Bonchev–Trinajstić information content (AvgIpc) is 2.53. The van der Waals surface area contributed by atoms with Crippen LogP contribution in [0.2, 0.25) is 0 Å². The van der Waals surface area contributed by atoms with E-state index in [0.29, 0.717) is 11.4 Å². The molecule has 0 atom stereocenters. The largest absolute Gasteiger partial charge is 0.495 e. The van der Waals surface area contributed by atoms with E-state index in [2.05, 4.69) is 10.4 Å². The van der Waals surface area contributed by atoms with Gasteiger partial charge in [-0.2, -0.15) is 8.42 Å². The Kier molecular flexibility index (Phi) is 4.29. The van der Waals surface area contributed by atoms with Crippen molar-refractivity contribution < 1.29 is 13.2 Å². The molecule has 2 rings (SSSR count). The monoisotopic (exact) mass is 308 g/mol. The Labute approximate surface area is 123 Å². The van der Waals surface area contributed by atoms with Crippen molar-refractivity contribution in [1.82, 2.24) is 4.98 Å². The molecule has 0 fully saturated rings. The number of nitrogens with one attached hydrogen (secondary N) is 1. The maximum atomic E-state index is 12.7. The lowest BCUT2D eigenvalue weighted by Crippen LogP contribution is -2.29. The first-order valence-electron chi connectivity index (χ1n) is 6.06. The molecule has 21 heavy (non-hydrogen) atoms. The Balaban J connectivity index is 2.53. The summed E-state index contributed by atoms with van der Waals surface area (Å²) >= 11 is 0. The smallest absolute Gasteiger partial charge is 0.283 e. The van der Waals surface area contributed by atoms with Crippen molar-refractivity contribution in [1.29, 1.82) is 0 Å². The summed E-state index contributed by atoms with van der Waals surface area (Å²) in [5.74, 6) is 5.79. The van der Waals surface area contributed by atoms with Gasteiger partial charge in [-0.15, -0.1) is 0 Å². The standard InChI is InChI=1S/C13H16N4O3S/c1-17(11-7-3-4-8-12(11)20-2)21(18,19)13-10(16-14)6-5-9-15-13/h3-9,16H,14H2,1-2H3. The highest BCUT2D eigenvalue weighted by Gasteiger charge is 2.27. The highest BCUT2D eigenvalue weighted by molar-refractivity contribution is 7.92. The van der Waals surface area contributed by atoms with Gasteiger partial charge in [0.05, 0.1) is 18.5 Å². The number of nitrogens with zero attached hydrogens (tertiary/aromatic N) is 2. The third kappa shape index (κ3) is 2.76. The molecule has 1 heterocycles. The summed E-state index contributed by atoms with van der Waals surface area (Å²) in [5.41, 5.74) is 2.97. The van der Waals surface area contributed by atoms with E-state index in [-0.39, 0.29) is 10.7 Å². The summed E-state index contributed by atoms with van der Waals surface area (Å²) in [4.78, 5) is 3.91. The van der Waals surface area contributed by atoms with E-state index < -0.39 is 10.0 Å². The second kappa shape index (κ2) is 5.98. The van der Waals surface area contributed by atoms with Crippen LogP contribution in [-0.2, 0) is 10.0 Å². The van der Waals surface area contributed by atoms with Crippen LogP contribution >= 0.6 is 0 Å². The number of rotatable bonds is 5. The van der Waals surface area contributed by atoms with Gasteiger partial charge in [0.15, 0.2) is 0 Å². The molecule has 1 aromatic heterocycles. The number of nitrogens with two attached hydrogens (primary N) is 1. The third-order valence-electron chi connectivity index (χ3n) is 2.96.